The lowest BCUT2D eigenvalue weighted by molar-refractivity contribution is 0.0963. The molecule has 0 saturated carbocycles. The first kappa shape index (κ1) is 10.5. The van der Waals surface area contributed by atoms with E-state index in [0.717, 1.165) is 5.69 Å². The Morgan fingerprint density at radius 2 is 2.31 bits per heavy atom. The third-order valence-corrected chi connectivity index (χ3v) is 2.50. The molecule has 5 heteroatoms. The van der Waals surface area contributed by atoms with Crippen molar-refractivity contribution < 1.29 is 9.59 Å². The van der Waals surface area contributed by atoms with Gasteiger partial charge in [0.1, 0.15) is 0 Å². The van der Waals surface area contributed by atoms with Gasteiger partial charge in [-0.2, -0.15) is 0 Å². The van der Waals surface area contributed by atoms with E-state index in [4.69, 9.17) is 0 Å². The molecule has 1 aliphatic heterocycles. The Balaban J connectivity index is 2.28. The first-order valence-corrected chi connectivity index (χ1v) is 5.10. The van der Waals surface area contributed by atoms with Gasteiger partial charge in [0.2, 0.25) is 0 Å². The molecule has 1 fully saturated rings. The van der Waals surface area contributed by atoms with Gasteiger partial charge in [-0.3, -0.25) is 9.69 Å². The van der Waals surface area contributed by atoms with E-state index >= 15 is 0 Å². The van der Waals surface area contributed by atoms with Crippen LogP contribution in [-0.4, -0.2) is 32.1 Å². The predicted molar refractivity (Wildman–Crippen MR) is 60.6 cm³/mol. The van der Waals surface area contributed by atoms with Crippen molar-refractivity contribution in [3.05, 3.63) is 29.8 Å². The van der Waals surface area contributed by atoms with Gasteiger partial charge in [0.05, 0.1) is 0 Å². The molecule has 84 valence electrons. The minimum atomic E-state index is -0.151. The van der Waals surface area contributed by atoms with Gasteiger partial charge < -0.3 is 10.6 Å². The molecular weight excluding hydrogens is 206 g/mol. The van der Waals surface area contributed by atoms with Crippen LogP contribution in [0.1, 0.15) is 10.4 Å². The Hall–Kier alpha value is -2.04. The Morgan fingerprint density at radius 3 is 2.94 bits per heavy atom. The average Bonchev–Trinajstić information content (AvgIpc) is 2.74. The summed E-state index contributed by atoms with van der Waals surface area (Å²) in [7, 11) is 1.58. The zero-order chi connectivity index (χ0) is 11.5. The number of carbonyl (C=O) groups is 2. The second-order valence-electron chi connectivity index (χ2n) is 3.51. The van der Waals surface area contributed by atoms with Crippen LogP contribution in [0, 0.1) is 0 Å². The molecule has 1 aromatic rings. The van der Waals surface area contributed by atoms with Crippen molar-refractivity contribution in [1.29, 1.82) is 0 Å². The highest BCUT2D eigenvalue weighted by atomic mass is 16.2. The molecule has 2 rings (SSSR count). The minimum Gasteiger partial charge on any atom is -0.355 e. The monoisotopic (exact) mass is 219 g/mol. The highest BCUT2D eigenvalue weighted by Crippen LogP contribution is 2.17. The third-order valence-electron chi connectivity index (χ3n) is 2.50. The largest absolute Gasteiger partial charge is 0.355 e. The molecule has 2 N–H and O–H groups in total. The molecule has 0 radical (unpaired) electrons. The smallest absolute Gasteiger partial charge is 0.321 e. The molecular formula is C11H13N3O2. The number of hydrogen-bond donors (Lipinski definition) is 2. The van der Waals surface area contributed by atoms with E-state index in [1.54, 1.807) is 30.1 Å². The third kappa shape index (κ3) is 1.84. The van der Waals surface area contributed by atoms with Gasteiger partial charge >= 0.3 is 6.03 Å². The van der Waals surface area contributed by atoms with Crippen molar-refractivity contribution in [2.24, 2.45) is 0 Å². The van der Waals surface area contributed by atoms with Crippen molar-refractivity contribution in [1.82, 2.24) is 10.6 Å². The van der Waals surface area contributed by atoms with Crippen molar-refractivity contribution in [3.8, 4) is 0 Å². The first-order chi connectivity index (χ1) is 7.72. The number of benzene rings is 1. The van der Waals surface area contributed by atoms with E-state index in [2.05, 4.69) is 10.6 Å². The zero-order valence-electron chi connectivity index (χ0n) is 8.99. The molecule has 1 aliphatic rings. The fraction of sp³-hybridized carbons (Fsp3) is 0.273. The van der Waals surface area contributed by atoms with Gasteiger partial charge in [-0.25, -0.2) is 4.79 Å². The lowest BCUT2D eigenvalue weighted by Gasteiger charge is -2.14. The molecule has 1 heterocycles. The molecule has 0 bridgehead atoms. The highest BCUT2D eigenvalue weighted by molar-refractivity contribution is 5.98. The van der Waals surface area contributed by atoms with Gasteiger partial charge in [0, 0.05) is 31.4 Å². The first-order valence-electron chi connectivity index (χ1n) is 5.10. The number of urea groups is 1. The van der Waals surface area contributed by atoms with E-state index in [-0.39, 0.29) is 11.9 Å². The maximum absolute atomic E-state index is 11.4. The van der Waals surface area contributed by atoms with Crippen LogP contribution in [-0.2, 0) is 0 Å². The van der Waals surface area contributed by atoms with Gasteiger partial charge in [0.25, 0.3) is 5.91 Å². The number of carbonyl (C=O) groups excluding carboxylic acids is 2. The van der Waals surface area contributed by atoms with Gasteiger partial charge in [-0.1, -0.05) is 6.07 Å². The molecule has 0 unspecified atom stereocenters. The molecule has 0 aromatic heterocycles. The fourth-order valence-electron chi connectivity index (χ4n) is 1.68. The molecule has 1 aromatic carbocycles. The van der Waals surface area contributed by atoms with Gasteiger partial charge in [0.15, 0.2) is 0 Å². The van der Waals surface area contributed by atoms with Gasteiger partial charge in [-0.15, -0.1) is 0 Å². The van der Waals surface area contributed by atoms with Gasteiger partial charge in [-0.05, 0) is 18.2 Å². The lowest BCUT2D eigenvalue weighted by Crippen LogP contribution is -2.28. The number of nitrogens with one attached hydrogen (secondary N) is 2. The summed E-state index contributed by atoms with van der Waals surface area (Å²) < 4.78 is 0. The summed E-state index contributed by atoms with van der Waals surface area (Å²) in [6, 6.07) is 6.90. The average molecular weight is 219 g/mol. The van der Waals surface area contributed by atoms with Crippen LogP contribution in [0.3, 0.4) is 0 Å². The van der Waals surface area contributed by atoms with Crippen molar-refractivity contribution in [2.45, 2.75) is 0 Å². The summed E-state index contributed by atoms with van der Waals surface area (Å²) in [6.07, 6.45) is 0. The van der Waals surface area contributed by atoms with Crippen molar-refractivity contribution in [2.75, 3.05) is 25.0 Å². The van der Waals surface area contributed by atoms with Crippen LogP contribution in [0.15, 0.2) is 24.3 Å². The number of nitrogens with zero attached hydrogens (tertiary/aromatic N) is 1. The minimum absolute atomic E-state index is 0.117. The van der Waals surface area contributed by atoms with Crippen LogP contribution in [0.2, 0.25) is 0 Å². The maximum Gasteiger partial charge on any atom is 0.321 e. The number of anilines is 1. The summed E-state index contributed by atoms with van der Waals surface area (Å²) in [5, 5.41) is 5.27. The zero-order valence-corrected chi connectivity index (χ0v) is 8.99. The molecule has 16 heavy (non-hydrogen) atoms. The Bertz CT molecular complexity index is 431. The van der Waals surface area contributed by atoms with E-state index < -0.39 is 0 Å². The lowest BCUT2D eigenvalue weighted by atomic mass is 10.2. The second-order valence-corrected chi connectivity index (χ2v) is 3.51. The molecule has 3 amide bonds. The van der Waals surface area contributed by atoms with E-state index in [1.807, 2.05) is 6.07 Å². The predicted octanol–water partition coefficient (Wildman–Crippen LogP) is 0.576. The Labute approximate surface area is 93.4 Å². The van der Waals surface area contributed by atoms with E-state index in [1.165, 1.54) is 0 Å². The fourth-order valence-corrected chi connectivity index (χ4v) is 1.68. The number of amides is 3. The second kappa shape index (κ2) is 4.22. The van der Waals surface area contributed by atoms with E-state index in [0.29, 0.717) is 18.7 Å². The quantitative estimate of drug-likeness (QED) is 0.764. The Morgan fingerprint density at radius 1 is 1.50 bits per heavy atom. The van der Waals surface area contributed by atoms with Crippen molar-refractivity contribution in [3.63, 3.8) is 0 Å². The number of hydrogen-bond acceptors (Lipinski definition) is 2. The van der Waals surface area contributed by atoms with Crippen LogP contribution in [0.25, 0.3) is 0 Å². The standard InChI is InChI=1S/C11H13N3O2/c1-12-10(15)8-3-2-4-9(7-8)14-6-5-13-11(14)16/h2-4,7H,5-6H2,1H3,(H,12,15)(H,13,16). The van der Waals surface area contributed by atoms with Crippen LogP contribution >= 0.6 is 0 Å². The number of rotatable bonds is 2. The van der Waals surface area contributed by atoms with E-state index in [9.17, 15) is 9.59 Å². The topological polar surface area (TPSA) is 61.4 Å². The summed E-state index contributed by atoms with van der Waals surface area (Å²) in [5.74, 6) is -0.151. The van der Waals surface area contributed by atoms with Crippen LogP contribution in [0.5, 0.6) is 0 Å². The summed E-state index contributed by atoms with van der Waals surface area (Å²) >= 11 is 0. The summed E-state index contributed by atoms with van der Waals surface area (Å²) in [5.41, 5.74) is 1.30. The molecule has 0 atom stereocenters. The molecule has 5 nitrogen and oxygen atoms in total. The Kier molecular flexibility index (Phi) is 2.76. The summed E-state index contributed by atoms with van der Waals surface area (Å²) in [6.45, 7) is 1.28. The SMILES string of the molecule is CNC(=O)c1cccc(N2CCNC2=O)c1. The molecule has 0 spiro atoms. The van der Waals surface area contributed by atoms with Crippen molar-refractivity contribution >= 4 is 17.6 Å². The maximum atomic E-state index is 11.4. The molecule has 0 aliphatic carbocycles. The van der Waals surface area contributed by atoms with Crippen LogP contribution < -0.4 is 15.5 Å². The summed E-state index contributed by atoms with van der Waals surface area (Å²) in [4.78, 5) is 24.5. The molecule has 1 saturated heterocycles. The van der Waals surface area contributed by atoms with Crippen LogP contribution in [0.4, 0.5) is 10.5 Å². The highest BCUT2D eigenvalue weighted by Gasteiger charge is 2.21. The normalized spacial score (nSPS) is 14.8.